The topological polar surface area (TPSA) is 52.6 Å². The second-order valence-electron chi connectivity index (χ2n) is 3.14. The molecule has 0 bridgehead atoms. The first-order chi connectivity index (χ1) is 6.56. The Labute approximate surface area is 84.6 Å². The van der Waals surface area contributed by atoms with Gasteiger partial charge in [-0.25, -0.2) is 0 Å². The second-order valence-corrected chi connectivity index (χ2v) is 3.14. The standard InChI is InChI=1S/C10H18O4/c1-4-5-6-7-10(13-8(2)11)14-9(3)12/h10H,4-7H2,1-3H3. The summed E-state index contributed by atoms with van der Waals surface area (Å²) in [5.41, 5.74) is 0. The minimum Gasteiger partial charge on any atom is -0.425 e. The van der Waals surface area contributed by atoms with Crippen LogP contribution in [0.25, 0.3) is 0 Å². The van der Waals surface area contributed by atoms with E-state index in [0.717, 1.165) is 19.3 Å². The maximum absolute atomic E-state index is 10.7. The average molecular weight is 202 g/mol. The molecule has 0 spiro atoms. The fourth-order valence-electron chi connectivity index (χ4n) is 1.07. The molecule has 4 nitrogen and oxygen atoms in total. The molecule has 14 heavy (non-hydrogen) atoms. The molecule has 0 saturated carbocycles. The van der Waals surface area contributed by atoms with Gasteiger partial charge in [0.2, 0.25) is 6.29 Å². The summed E-state index contributed by atoms with van der Waals surface area (Å²) in [5.74, 6) is -0.847. The Morgan fingerprint density at radius 2 is 1.57 bits per heavy atom. The van der Waals surface area contributed by atoms with E-state index in [-0.39, 0.29) is 0 Å². The van der Waals surface area contributed by atoms with Gasteiger partial charge in [0.1, 0.15) is 0 Å². The van der Waals surface area contributed by atoms with Gasteiger partial charge in [-0.05, 0) is 6.42 Å². The molecule has 0 aliphatic carbocycles. The molecular weight excluding hydrogens is 184 g/mol. The summed E-state index contributed by atoms with van der Waals surface area (Å²) >= 11 is 0. The van der Waals surface area contributed by atoms with Crippen LogP contribution >= 0.6 is 0 Å². The summed E-state index contributed by atoms with van der Waals surface area (Å²) in [7, 11) is 0. The first-order valence-electron chi connectivity index (χ1n) is 4.90. The maximum Gasteiger partial charge on any atom is 0.305 e. The zero-order valence-corrected chi connectivity index (χ0v) is 9.04. The molecule has 0 saturated heterocycles. The monoisotopic (exact) mass is 202 g/mol. The Kier molecular flexibility index (Phi) is 6.80. The summed E-state index contributed by atoms with van der Waals surface area (Å²) < 4.78 is 9.65. The normalized spacial score (nSPS) is 10.0. The Morgan fingerprint density at radius 1 is 1.07 bits per heavy atom. The second kappa shape index (κ2) is 7.35. The number of ether oxygens (including phenoxy) is 2. The van der Waals surface area contributed by atoms with E-state index in [1.807, 2.05) is 0 Å². The van der Waals surface area contributed by atoms with Gasteiger partial charge in [-0.1, -0.05) is 19.8 Å². The zero-order valence-electron chi connectivity index (χ0n) is 9.04. The van der Waals surface area contributed by atoms with Crippen molar-refractivity contribution in [3.05, 3.63) is 0 Å². The van der Waals surface area contributed by atoms with Crippen LogP contribution in [0, 0.1) is 0 Å². The van der Waals surface area contributed by atoms with Crippen molar-refractivity contribution >= 4 is 11.9 Å². The summed E-state index contributed by atoms with van der Waals surface area (Å²) in [5, 5.41) is 0. The highest BCUT2D eigenvalue weighted by atomic mass is 16.7. The van der Waals surface area contributed by atoms with Gasteiger partial charge in [-0.2, -0.15) is 0 Å². The molecule has 0 amide bonds. The smallest absolute Gasteiger partial charge is 0.305 e. The Bertz CT molecular complexity index is 173. The quantitative estimate of drug-likeness (QED) is 0.375. The molecule has 0 aromatic heterocycles. The number of carbonyl (C=O) groups is 2. The first-order valence-corrected chi connectivity index (χ1v) is 4.90. The Morgan fingerprint density at radius 3 is 1.93 bits per heavy atom. The molecule has 0 fully saturated rings. The third-order valence-corrected chi connectivity index (χ3v) is 1.64. The highest BCUT2D eigenvalue weighted by Gasteiger charge is 2.13. The van der Waals surface area contributed by atoms with E-state index >= 15 is 0 Å². The van der Waals surface area contributed by atoms with Crippen LogP contribution in [-0.2, 0) is 19.1 Å². The van der Waals surface area contributed by atoms with Gasteiger partial charge in [0, 0.05) is 20.3 Å². The van der Waals surface area contributed by atoms with Gasteiger partial charge in [0.25, 0.3) is 0 Å². The van der Waals surface area contributed by atoms with Crippen LogP contribution < -0.4 is 0 Å². The van der Waals surface area contributed by atoms with E-state index < -0.39 is 18.2 Å². The minimum absolute atomic E-state index is 0.423. The van der Waals surface area contributed by atoms with Crippen molar-refractivity contribution in [2.45, 2.75) is 52.7 Å². The molecule has 0 N–H and O–H groups in total. The molecular formula is C10H18O4. The van der Waals surface area contributed by atoms with E-state index in [2.05, 4.69) is 6.92 Å². The molecule has 0 heterocycles. The van der Waals surface area contributed by atoms with Gasteiger partial charge in [-0.3, -0.25) is 9.59 Å². The minimum atomic E-state index is -0.712. The van der Waals surface area contributed by atoms with Crippen molar-refractivity contribution in [3.63, 3.8) is 0 Å². The fourth-order valence-corrected chi connectivity index (χ4v) is 1.07. The van der Waals surface area contributed by atoms with Crippen LogP contribution in [-0.4, -0.2) is 18.2 Å². The predicted molar refractivity (Wildman–Crippen MR) is 51.5 cm³/mol. The number of hydrogen-bond donors (Lipinski definition) is 0. The van der Waals surface area contributed by atoms with Crippen molar-refractivity contribution in [1.82, 2.24) is 0 Å². The summed E-state index contributed by atoms with van der Waals surface area (Å²) in [6.07, 6.45) is 2.87. The number of hydrogen-bond acceptors (Lipinski definition) is 4. The molecule has 0 radical (unpaired) electrons. The molecule has 0 rings (SSSR count). The number of unbranched alkanes of at least 4 members (excludes halogenated alkanes) is 2. The Balaban J connectivity index is 3.84. The lowest BCUT2D eigenvalue weighted by molar-refractivity contribution is -0.185. The van der Waals surface area contributed by atoms with Crippen LogP contribution in [0.3, 0.4) is 0 Å². The average Bonchev–Trinajstić information content (AvgIpc) is 2.02. The molecule has 0 aromatic rings. The van der Waals surface area contributed by atoms with E-state index in [1.165, 1.54) is 13.8 Å². The van der Waals surface area contributed by atoms with Crippen LogP contribution in [0.15, 0.2) is 0 Å². The third kappa shape index (κ3) is 7.58. The van der Waals surface area contributed by atoms with Crippen molar-refractivity contribution in [2.24, 2.45) is 0 Å². The largest absolute Gasteiger partial charge is 0.425 e. The van der Waals surface area contributed by atoms with Gasteiger partial charge in [-0.15, -0.1) is 0 Å². The van der Waals surface area contributed by atoms with Crippen LogP contribution in [0.1, 0.15) is 46.5 Å². The SMILES string of the molecule is CCCCCC(OC(C)=O)OC(C)=O. The van der Waals surface area contributed by atoms with E-state index in [9.17, 15) is 9.59 Å². The lowest BCUT2D eigenvalue weighted by atomic mass is 10.2. The van der Waals surface area contributed by atoms with Crippen LogP contribution in [0.5, 0.6) is 0 Å². The number of rotatable bonds is 6. The molecule has 0 aliphatic rings. The molecule has 4 heteroatoms. The van der Waals surface area contributed by atoms with Crippen LogP contribution in [0.4, 0.5) is 0 Å². The van der Waals surface area contributed by atoms with Crippen molar-refractivity contribution in [3.8, 4) is 0 Å². The van der Waals surface area contributed by atoms with Gasteiger partial charge in [0.15, 0.2) is 0 Å². The fraction of sp³-hybridized carbons (Fsp3) is 0.800. The Hall–Kier alpha value is -1.06. The molecule has 0 aromatic carbocycles. The lowest BCUT2D eigenvalue weighted by Crippen LogP contribution is -2.22. The van der Waals surface area contributed by atoms with E-state index in [0.29, 0.717) is 6.42 Å². The van der Waals surface area contributed by atoms with Gasteiger partial charge < -0.3 is 9.47 Å². The van der Waals surface area contributed by atoms with Gasteiger partial charge >= 0.3 is 11.9 Å². The molecule has 0 unspecified atom stereocenters. The third-order valence-electron chi connectivity index (χ3n) is 1.64. The molecule has 0 aliphatic heterocycles. The van der Waals surface area contributed by atoms with Crippen molar-refractivity contribution in [2.75, 3.05) is 0 Å². The predicted octanol–water partition coefficient (Wildman–Crippen LogP) is 2.02. The summed E-state index contributed by atoms with van der Waals surface area (Å²) in [6.45, 7) is 4.68. The van der Waals surface area contributed by atoms with Gasteiger partial charge in [0.05, 0.1) is 0 Å². The summed E-state index contributed by atoms with van der Waals surface area (Å²) in [4.78, 5) is 21.3. The molecule has 0 atom stereocenters. The van der Waals surface area contributed by atoms with E-state index in [1.54, 1.807) is 0 Å². The van der Waals surface area contributed by atoms with Crippen molar-refractivity contribution < 1.29 is 19.1 Å². The maximum atomic E-state index is 10.7. The van der Waals surface area contributed by atoms with Crippen molar-refractivity contribution in [1.29, 1.82) is 0 Å². The number of carbonyl (C=O) groups excluding carboxylic acids is 2. The first kappa shape index (κ1) is 12.9. The summed E-state index contributed by atoms with van der Waals surface area (Å²) in [6, 6.07) is 0. The van der Waals surface area contributed by atoms with Crippen LogP contribution in [0.2, 0.25) is 0 Å². The zero-order chi connectivity index (χ0) is 11.0. The highest BCUT2D eigenvalue weighted by Crippen LogP contribution is 2.08. The number of esters is 2. The molecule has 82 valence electrons. The lowest BCUT2D eigenvalue weighted by Gasteiger charge is -2.15. The highest BCUT2D eigenvalue weighted by molar-refractivity contribution is 5.68. The van der Waals surface area contributed by atoms with E-state index in [4.69, 9.17) is 9.47 Å².